The van der Waals surface area contributed by atoms with Gasteiger partial charge in [0.05, 0.1) is 25.3 Å². The summed E-state index contributed by atoms with van der Waals surface area (Å²) in [6, 6.07) is 12.0. The van der Waals surface area contributed by atoms with Gasteiger partial charge in [-0.15, -0.1) is 0 Å². The van der Waals surface area contributed by atoms with Crippen molar-refractivity contribution in [3.8, 4) is 22.8 Å². The van der Waals surface area contributed by atoms with Crippen molar-refractivity contribution in [2.45, 2.75) is 0 Å². The molecule has 0 spiro atoms. The number of amidine groups is 1. The molecule has 1 aromatic carbocycles. The van der Waals surface area contributed by atoms with Crippen LogP contribution in [0.3, 0.4) is 0 Å². The van der Waals surface area contributed by atoms with Crippen molar-refractivity contribution in [2.24, 2.45) is 0 Å². The van der Waals surface area contributed by atoms with Gasteiger partial charge < -0.3 is 19.6 Å². The van der Waals surface area contributed by atoms with E-state index in [1.807, 2.05) is 12.1 Å². The van der Waals surface area contributed by atoms with Gasteiger partial charge in [0.1, 0.15) is 5.52 Å². The lowest BCUT2D eigenvalue weighted by Crippen LogP contribution is -2.12. The molecule has 0 saturated carbocycles. The summed E-state index contributed by atoms with van der Waals surface area (Å²) in [7, 11) is 1.49. The average Bonchev–Trinajstić information content (AvgIpc) is 3.23. The highest BCUT2D eigenvalue weighted by Crippen LogP contribution is 2.31. The molecule has 0 fully saturated rings. The molecule has 27 heavy (non-hydrogen) atoms. The van der Waals surface area contributed by atoms with Crippen LogP contribution in [0.15, 0.2) is 59.3 Å². The Bertz CT molecular complexity index is 1130. The lowest BCUT2D eigenvalue weighted by Gasteiger charge is -2.08. The summed E-state index contributed by atoms with van der Waals surface area (Å²) in [5.74, 6) is 1.28. The van der Waals surface area contributed by atoms with Crippen molar-refractivity contribution < 1.29 is 14.3 Å². The lowest BCUT2D eigenvalue weighted by molar-refractivity contribution is 0.373. The topological polar surface area (TPSA) is 117 Å². The fourth-order valence-corrected chi connectivity index (χ4v) is 2.57. The maximum atomic E-state index is 9.75. The summed E-state index contributed by atoms with van der Waals surface area (Å²) in [5, 5.41) is 20.6. The molecule has 3 aromatic heterocycles. The number of hydrogen-bond donors (Lipinski definition) is 3. The van der Waals surface area contributed by atoms with E-state index in [0.29, 0.717) is 34.2 Å². The first kappa shape index (κ1) is 16.5. The molecule has 4 aromatic rings. The van der Waals surface area contributed by atoms with E-state index in [1.165, 1.54) is 19.6 Å². The van der Waals surface area contributed by atoms with Gasteiger partial charge in [-0.1, -0.05) is 0 Å². The van der Waals surface area contributed by atoms with Crippen LogP contribution in [0.4, 0.5) is 5.82 Å². The number of ether oxygens (including phenoxy) is 1. The van der Waals surface area contributed by atoms with Gasteiger partial charge in [0.15, 0.2) is 34.6 Å². The molecule has 0 unspecified atom stereocenters. The summed E-state index contributed by atoms with van der Waals surface area (Å²) in [5.41, 5.74) is 2.49. The van der Waals surface area contributed by atoms with Gasteiger partial charge in [0, 0.05) is 5.56 Å². The molecule has 0 aliphatic heterocycles. The molecule has 0 atom stereocenters. The first-order valence-corrected chi connectivity index (χ1v) is 8.04. The Kier molecular flexibility index (Phi) is 4.13. The molecule has 8 heteroatoms. The smallest absolute Gasteiger partial charge is 0.180 e. The normalized spacial score (nSPS) is 10.7. The molecule has 4 rings (SSSR count). The van der Waals surface area contributed by atoms with E-state index in [0.717, 1.165) is 5.56 Å². The van der Waals surface area contributed by atoms with Gasteiger partial charge in [0.2, 0.25) is 0 Å². The highest BCUT2D eigenvalue weighted by atomic mass is 16.5. The maximum Gasteiger partial charge on any atom is 0.180 e. The number of methoxy groups -OCH3 is 1. The van der Waals surface area contributed by atoms with Gasteiger partial charge in [-0.05, 0) is 42.5 Å². The summed E-state index contributed by atoms with van der Waals surface area (Å²) in [4.78, 5) is 13.3. The molecule has 3 heterocycles. The van der Waals surface area contributed by atoms with E-state index >= 15 is 0 Å². The summed E-state index contributed by atoms with van der Waals surface area (Å²) in [6.07, 6.45) is 3.03. The molecule has 8 nitrogen and oxygen atoms in total. The number of phenolic OH excluding ortho intramolecular Hbond substituents is 1. The number of furan rings is 1. The van der Waals surface area contributed by atoms with Crippen molar-refractivity contribution >= 4 is 22.8 Å². The maximum absolute atomic E-state index is 9.75. The van der Waals surface area contributed by atoms with Crippen LogP contribution in [-0.4, -0.2) is 33.0 Å². The molecule has 0 saturated heterocycles. The van der Waals surface area contributed by atoms with Crippen LogP contribution >= 0.6 is 0 Å². The van der Waals surface area contributed by atoms with Crippen molar-refractivity contribution in [2.75, 3.05) is 12.4 Å². The standard InChI is InChI=1S/C19H15N5O3/c1-26-16-9-11(4-7-14(16)25)12-5-6-13-19(22-12)24-17(10-21-13)23-18(20)15-3-2-8-27-15/h2-10,25H,1H3,(H2,20,22,23,24). The molecule has 0 bridgehead atoms. The van der Waals surface area contributed by atoms with Crippen molar-refractivity contribution in [3.05, 3.63) is 60.7 Å². The van der Waals surface area contributed by atoms with Crippen LogP contribution in [0.25, 0.3) is 22.4 Å². The molecular formula is C19H15N5O3. The first-order chi connectivity index (χ1) is 13.1. The van der Waals surface area contributed by atoms with Crippen molar-refractivity contribution in [1.29, 1.82) is 5.41 Å². The number of aromatic nitrogens is 3. The molecule has 0 aliphatic rings. The predicted molar refractivity (Wildman–Crippen MR) is 100 cm³/mol. The van der Waals surface area contributed by atoms with E-state index in [9.17, 15) is 5.11 Å². The number of hydrogen-bond acceptors (Lipinski definition) is 7. The number of aromatic hydroxyl groups is 1. The Hall–Kier alpha value is -3.94. The Morgan fingerprint density at radius 1 is 1.19 bits per heavy atom. The second-order valence-corrected chi connectivity index (χ2v) is 5.66. The number of pyridine rings is 1. The summed E-state index contributed by atoms with van der Waals surface area (Å²) >= 11 is 0. The fraction of sp³-hybridized carbons (Fsp3) is 0.0526. The van der Waals surface area contributed by atoms with Crippen LogP contribution < -0.4 is 10.1 Å². The minimum atomic E-state index is 0.0600. The highest BCUT2D eigenvalue weighted by molar-refractivity contribution is 6.03. The van der Waals surface area contributed by atoms with Crippen LogP contribution in [0.5, 0.6) is 11.5 Å². The third-order valence-corrected chi connectivity index (χ3v) is 3.90. The van der Waals surface area contributed by atoms with Gasteiger partial charge in [0.25, 0.3) is 0 Å². The Balaban J connectivity index is 1.68. The lowest BCUT2D eigenvalue weighted by atomic mass is 10.1. The van der Waals surface area contributed by atoms with Crippen LogP contribution in [0.1, 0.15) is 5.76 Å². The third-order valence-electron chi connectivity index (χ3n) is 3.90. The zero-order valence-electron chi connectivity index (χ0n) is 14.3. The summed E-state index contributed by atoms with van der Waals surface area (Å²) in [6.45, 7) is 0. The second kappa shape index (κ2) is 6.75. The number of rotatable bonds is 4. The van der Waals surface area contributed by atoms with Crippen molar-refractivity contribution in [1.82, 2.24) is 15.0 Å². The Labute approximate surface area is 154 Å². The average molecular weight is 361 g/mol. The van der Waals surface area contributed by atoms with Crippen LogP contribution in [-0.2, 0) is 0 Å². The van der Waals surface area contributed by atoms with Gasteiger partial charge in [-0.25, -0.2) is 15.0 Å². The van der Waals surface area contributed by atoms with E-state index in [1.54, 1.807) is 30.3 Å². The van der Waals surface area contributed by atoms with E-state index in [-0.39, 0.29) is 11.6 Å². The Morgan fingerprint density at radius 2 is 2.07 bits per heavy atom. The summed E-state index contributed by atoms with van der Waals surface area (Å²) < 4.78 is 10.3. The highest BCUT2D eigenvalue weighted by Gasteiger charge is 2.10. The first-order valence-electron chi connectivity index (χ1n) is 8.04. The van der Waals surface area contributed by atoms with Gasteiger partial charge in [-0.3, -0.25) is 5.41 Å². The number of anilines is 1. The van der Waals surface area contributed by atoms with E-state index in [2.05, 4.69) is 20.3 Å². The number of fused-ring (bicyclic) bond motifs is 1. The Morgan fingerprint density at radius 3 is 2.85 bits per heavy atom. The second-order valence-electron chi connectivity index (χ2n) is 5.66. The molecule has 0 amide bonds. The number of phenols is 1. The number of nitrogens with zero attached hydrogens (tertiary/aromatic N) is 3. The zero-order chi connectivity index (χ0) is 18.8. The third kappa shape index (κ3) is 3.28. The minimum absolute atomic E-state index is 0.0600. The van der Waals surface area contributed by atoms with Gasteiger partial charge in [-0.2, -0.15) is 0 Å². The molecule has 3 N–H and O–H groups in total. The SMILES string of the molecule is COc1cc(-c2ccc3ncc(NC(=N)c4ccco4)nc3n2)ccc1O. The monoisotopic (exact) mass is 361 g/mol. The van der Waals surface area contributed by atoms with Gasteiger partial charge >= 0.3 is 0 Å². The predicted octanol–water partition coefficient (Wildman–Crippen LogP) is 3.44. The number of benzene rings is 1. The minimum Gasteiger partial charge on any atom is -0.504 e. The largest absolute Gasteiger partial charge is 0.504 e. The van der Waals surface area contributed by atoms with Crippen LogP contribution in [0, 0.1) is 5.41 Å². The van der Waals surface area contributed by atoms with Crippen molar-refractivity contribution in [3.63, 3.8) is 0 Å². The molecular weight excluding hydrogens is 346 g/mol. The molecule has 0 radical (unpaired) electrons. The quantitative estimate of drug-likeness (QED) is 0.376. The number of nitrogens with one attached hydrogen (secondary N) is 2. The molecule has 134 valence electrons. The van der Waals surface area contributed by atoms with E-state index in [4.69, 9.17) is 14.6 Å². The van der Waals surface area contributed by atoms with Crippen LogP contribution in [0.2, 0.25) is 0 Å². The molecule has 0 aliphatic carbocycles. The fourth-order valence-electron chi connectivity index (χ4n) is 2.57. The zero-order valence-corrected chi connectivity index (χ0v) is 14.3. The van der Waals surface area contributed by atoms with E-state index < -0.39 is 0 Å².